The third kappa shape index (κ3) is 4.46. The molecule has 2 fully saturated rings. The van der Waals surface area contributed by atoms with Crippen LogP contribution in [0.1, 0.15) is 46.0 Å². The first-order valence-electron chi connectivity index (χ1n) is 7.83. The molecule has 0 bridgehead atoms. The van der Waals surface area contributed by atoms with E-state index in [1.807, 2.05) is 0 Å². The Bertz CT molecular complexity index is 298. The van der Waals surface area contributed by atoms with Crippen molar-refractivity contribution in [2.24, 2.45) is 17.6 Å². The lowest BCUT2D eigenvalue weighted by Crippen LogP contribution is -2.46. The normalized spacial score (nSPS) is 29.9. The standard InChI is InChI=1S/C15H29N3O/c1-11(2)10-18-7-5-14(6-8-18)17-15(19)12-3-4-13(16)9-12/h11-14H,3-10,16H2,1-2H3,(H,17,19). The summed E-state index contributed by atoms with van der Waals surface area (Å²) < 4.78 is 0. The number of hydrogen-bond donors (Lipinski definition) is 2. The van der Waals surface area contributed by atoms with Gasteiger partial charge >= 0.3 is 0 Å². The molecule has 1 saturated carbocycles. The molecule has 0 aromatic carbocycles. The minimum Gasteiger partial charge on any atom is -0.353 e. The molecular weight excluding hydrogens is 238 g/mol. The number of hydrogen-bond acceptors (Lipinski definition) is 3. The molecule has 3 N–H and O–H groups in total. The summed E-state index contributed by atoms with van der Waals surface area (Å²) in [6, 6.07) is 0.622. The van der Waals surface area contributed by atoms with E-state index in [1.165, 1.54) is 6.54 Å². The number of likely N-dealkylation sites (tertiary alicyclic amines) is 1. The summed E-state index contributed by atoms with van der Waals surface area (Å²) in [5, 5.41) is 3.23. The maximum absolute atomic E-state index is 12.1. The number of nitrogens with one attached hydrogen (secondary N) is 1. The molecule has 0 aromatic heterocycles. The van der Waals surface area contributed by atoms with Gasteiger partial charge in [0.05, 0.1) is 0 Å². The summed E-state index contributed by atoms with van der Waals surface area (Å²) in [7, 11) is 0. The molecule has 110 valence electrons. The fraction of sp³-hybridized carbons (Fsp3) is 0.933. The Morgan fingerprint density at radius 1 is 1.26 bits per heavy atom. The Morgan fingerprint density at radius 3 is 2.47 bits per heavy atom. The fourth-order valence-corrected chi connectivity index (χ4v) is 3.35. The Balaban J connectivity index is 1.69. The number of nitrogens with zero attached hydrogens (tertiary/aromatic N) is 1. The van der Waals surface area contributed by atoms with Crippen LogP contribution < -0.4 is 11.1 Å². The lowest BCUT2D eigenvalue weighted by molar-refractivity contribution is -0.125. The first-order chi connectivity index (χ1) is 9.04. The molecule has 4 heteroatoms. The predicted octanol–water partition coefficient (Wildman–Crippen LogP) is 1.35. The van der Waals surface area contributed by atoms with E-state index in [0.29, 0.717) is 6.04 Å². The van der Waals surface area contributed by atoms with Crippen molar-refractivity contribution in [1.29, 1.82) is 0 Å². The van der Waals surface area contributed by atoms with Crippen LogP contribution in [0.4, 0.5) is 0 Å². The summed E-state index contributed by atoms with van der Waals surface area (Å²) in [5.41, 5.74) is 5.87. The minimum absolute atomic E-state index is 0.170. The van der Waals surface area contributed by atoms with Gasteiger partial charge in [0, 0.05) is 37.6 Å². The predicted molar refractivity (Wildman–Crippen MR) is 77.8 cm³/mol. The quantitative estimate of drug-likeness (QED) is 0.808. The van der Waals surface area contributed by atoms with Gasteiger partial charge in [-0.1, -0.05) is 13.8 Å². The van der Waals surface area contributed by atoms with Crippen molar-refractivity contribution in [3.63, 3.8) is 0 Å². The Morgan fingerprint density at radius 2 is 1.95 bits per heavy atom. The molecule has 1 aliphatic heterocycles. The maximum atomic E-state index is 12.1. The third-order valence-electron chi connectivity index (χ3n) is 4.40. The van der Waals surface area contributed by atoms with Crippen molar-refractivity contribution < 1.29 is 4.79 Å². The summed E-state index contributed by atoms with van der Waals surface area (Å²) in [6.07, 6.45) is 5.04. The van der Waals surface area contributed by atoms with E-state index in [1.54, 1.807) is 0 Å². The number of carbonyl (C=O) groups is 1. The van der Waals surface area contributed by atoms with Crippen molar-refractivity contribution in [2.75, 3.05) is 19.6 Å². The van der Waals surface area contributed by atoms with E-state index in [-0.39, 0.29) is 17.9 Å². The molecule has 4 nitrogen and oxygen atoms in total. The van der Waals surface area contributed by atoms with Crippen LogP contribution in [0.25, 0.3) is 0 Å². The van der Waals surface area contributed by atoms with Crippen LogP contribution in [0.2, 0.25) is 0 Å². The van der Waals surface area contributed by atoms with Gasteiger partial charge in [-0.15, -0.1) is 0 Å². The van der Waals surface area contributed by atoms with Gasteiger partial charge in [-0.3, -0.25) is 4.79 Å². The number of amides is 1. The van der Waals surface area contributed by atoms with Crippen molar-refractivity contribution in [1.82, 2.24) is 10.2 Å². The molecule has 2 atom stereocenters. The van der Waals surface area contributed by atoms with Crippen molar-refractivity contribution >= 4 is 5.91 Å². The van der Waals surface area contributed by atoms with Crippen LogP contribution in [0, 0.1) is 11.8 Å². The smallest absolute Gasteiger partial charge is 0.223 e. The SMILES string of the molecule is CC(C)CN1CCC(NC(=O)C2CCC(N)C2)CC1. The first-order valence-corrected chi connectivity index (χ1v) is 7.83. The van der Waals surface area contributed by atoms with E-state index in [2.05, 4.69) is 24.1 Å². The van der Waals surface area contributed by atoms with Crippen LogP contribution in [0.3, 0.4) is 0 Å². The van der Waals surface area contributed by atoms with Crippen LogP contribution in [-0.4, -0.2) is 42.5 Å². The van der Waals surface area contributed by atoms with Crippen LogP contribution >= 0.6 is 0 Å². The highest BCUT2D eigenvalue weighted by Crippen LogP contribution is 2.24. The van der Waals surface area contributed by atoms with Crippen molar-refractivity contribution in [3.05, 3.63) is 0 Å². The number of rotatable bonds is 4. The molecule has 2 aliphatic rings. The molecule has 0 aromatic rings. The molecule has 1 aliphatic carbocycles. The Kier molecular flexibility index (Phi) is 5.22. The minimum atomic E-state index is 0.170. The van der Waals surface area contributed by atoms with Gasteiger partial charge in [-0.2, -0.15) is 0 Å². The maximum Gasteiger partial charge on any atom is 0.223 e. The van der Waals surface area contributed by atoms with E-state index >= 15 is 0 Å². The van der Waals surface area contributed by atoms with Gasteiger partial charge in [0.2, 0.25) is 5.91 Å². The number of carbonyl (C=O) groups excluding carboxylic acids is 1. The second-order valence-electron chi connectivity index (χ2n) is 6.75. The average Bonchev–Trinajstić information content (AvgIpc) is 2.78. The fourth-order valence-electron chi connectivity index (χ4n) is 3.35. The molecule has 2 rings (SSSR count). The van der Waals surface area contributed by atoms with E-state index < -0.39 is 0 Å². The van der Waals surface area contributed by atoms with Crippen LogP contribution in [0.5, 0.6) is 0 Å². The van der Waals surface area contributed by atoms with E-state index in [9.17, 15) is 4.79 Å². The van der Waals surface area contributed by atoms with Crippen molar-refractivity contribution in [2.45, 2.75) is 58.0 Å². The largest absolute Gasteiger partial charge is 0.353 e. The molecule has 19 heavy (non-hydrogen) atoms. The second kappa shape index (κ2) is 6.71. The zero-order valence-corrected chi connectivity index (χ0v) is 12.4. The van der Waals surface area contributed by atoms with Gasteiger partial charge in [-0.05, 0) is 38.0 Å². The molecule has 0 radical (unpaired) electrons. The van der Waals surface area contributed by atoms with E-state index in [4.69, 9.17) is 5.73 Å². The lowest BCUT2D eigenvalue weighted by Gasteiger charge is -2.33. The molecule has 0 spiro atoms. The highest BCUT2D eigenvalue weighted by Gasteiger charge is 2.29. The van der Waals surface area contributed by atoms with Gasteiger partial charge < -0.3 is 16.0 Å². The summed E-state index contributed by atoms with van der Waals surface area (Å²) >= 11 is 0. The number of nitrogens with two attached hydrogens (primary N) is 1. The van der Waals surface area contributed by atoms with Gasteiger partial charge in [0.1, 0.15) is 0 Å². The van der Waals surface area contributed by atoms with Crippen molar-refractivity contribution in [3.8, 4) is 0 Å². The second-order valence-corrected chi connectivity index (χ2v) is 6.75. The highest BCUT2D eigenvalue weighted by atomic mass is 16.1. The number of piperidine rings is 1. The summed E-state index contributed by atoms with van der Waals surface area (Å²) in [5.74, 6) is 1.14. The zero-order chi connectivity index (χ0) is 13.8. The molecule has 1 saturated heterocycles. The first kappa shape index (κ1) is 14.8. The molecular formula is C15H29N3O. The Hall–Kier alpha value is -0.610. The molecule has 2 unspecified atom stereocenters. The molecule has 1 amide bonds. The monoisotopic (exact) mass is 267 g/mol. The average molecular weight is 267 g/mol. The van der Waals surface area contributed by atoms with E-state index in [0.717, 1.165) is 51.1 Å². The third-order valence-corrected chi connectivity index (χ3v) is 4.40. The summed E-state index contributed by atoms with van der Waals surface area (Å²) in [6.45, 7) is 7.94. The summed E-state index contributed by atoms with van der Waals surface area (Å²) in [4.78, 5) is 14.7. The zero-order valence-electron chi connectivity index (χ0n) is 12.4. The van der Waals surface area contributed by atoms with Crippen LogP contribution in [0.15, 0.2) is 0 Å². The van der Waals surface area contributed by atoms with Crippen LogP contribution in [-0.2, 0) is 4.79 Å². The molecule has 1 heterocycles. The van der Waals surface area contributed by atoms with Gasteiger partial charge in [-0.25, -0.2) is 0 Å². The highest BCUT2D eigenvalue weighted by molar-refractivity contribution is 5.79. The topological polar surface area (TPSA) is 58.4 Å². The lowest BCUT2D eigenvalue weighted by atomic mass is 10.0. The Labute approximate surface area is 117 Å². The van der Waals surface area contributed by atoms with Gasteiger partial charge in [0.25, 0.3) is 0 Å². The van der Waals surface area contributed by atoms with Gasteiger partial charge in [0.15, 0.2) is 0 Å².